The van der Waals surface area contributed by atoms with E-state index in [9.17, 15) is 0 Å². The molecule has 0 atom stereocenters. The monoisotopic (exact) mass is 194 g/mol. The summed E-state index contributed by atoms with van der Waals surface area (Å²) in [7, 11) is 9.46. The van der Waals surface area contributed by atoms with Crippen molar-refractivity contribution in [2.75, 3.05) is 0 Å². The topological polar surface area (TPSA) is 9.86 Å². The van der Waals surface area contributed by atoms with Crippen LogP contribution >= 0.6 is 10.1 Å². The van der Waals surface area contributed by atoms with Crippen molar-refractivity contribution in [3.05, 3.63) is 16.7 Å². The number of halogens is 1. The number of aromatic nitrogens is 2. The van der Waals surface area contributed by atoms with E-state index in [1.54, 1.807) is 0 Å². The molecule has 0 aliphatic heterocycles. The van der Waals surface area contributed by atoms with E-state index < -0.39 is 0 Å². The van der Waals surface area contributed by atoms with Crippen molar-refractivity contribution in [3.8, 4) is 0 Å². The van der Waals surface area contributed by atoms with E-state index >= 15 is 0 Å². The maximum absolute atomic E-state index is 5.54. The van der Waals surface area contributed by atoms with Gasteiger partial charge < -0.3 is 0 Å². The second kappa shape index (κ2) is 2.74. The molecule has 0 radical (unpaired) electrons. The van der Waals surface area contributed by atoms with Gasteiger partial charge in [-0.2, -0.15) is 0 Å². The van der Waals surface area contributed by atoms with Crippen LogP contribution in [0.1, 0.15) is 0 Å². The number of hydrogen-bond donors (Lipinski definition) is 0. The quantitative estimate of drug-likeness (QED) is 0.549. The minimum absolute atomic E-state index is 1.03. The summed E-state index contributed by atoms with van der Waals surface area (Å²) in [5.41, 5.74) is 0. The minimum atomic E-state index is 1.03. The van der Waals surface area contributed by atoms with Crippen LogP contribution in [0.4, 0.5) is 0 Å². The Morgan fingerprint density at radius 3 is 2.00 bits per heavy atom. The number of rotatable bonds is 0. The number of imidazole rings is 1. The van der Waals surface area contributed by atoms with Crippen LogP contribution in [0.25, 0.3) is 0 Å². The summed E-state index contributed by atoms with van der Waals surface area (Å²) in [6.07, 6.45) is 3.92. The number of aryl methyl sites for hydroxylation is 2. The van der Waals surface area contributed by atoms with E-state index in [1.165, 1.54) is 13.6 Å². The predicted octanol–water partition coefficient (Wildman–Crippen LogP) is 1.13. The molecule has 0 saturated heterocycles. The van der Waals surface area contributed by atoms with Gasteiger partial charge in [-0.3, -0.25) is 0 Å². The normalized spacial score (nSPS) is 10.6. The first kappa shape index (κ1) is 7.13. The van der Waals surface area contributed by atoms with Crippen LogP contribution < -0.4 is 0 Å². The Morgan fingerprint density at radius 2 is 1.78 bits per heavy atom. The summed E-state index contributed by atoms with van der Waals surface area (Å²) in [5, 5.41) is 0. The molecule has 0 N–H and O–H groups in total. The average Bonchev–Trinajstić information content (AvgIpc) is 2.12. The number of hydrogen-bond acceptors (Lipinski definition) is 0. The van der Waals surface area contributed by atoms with Gasteiger partial charge in [0.1, 0.15) is 0 Å². The van der Waals surface area contributed by atoms with Crippen molar-refractivity contribution in [2.24, 2.45) is 14.1 Å². The zero-order chi connectivity index (χ0) is 6.85. The molecule has 1 rings (SSSR count). The Kier molecular flexibility index (Phi) is 2.17. The van der Waals surface area contributed by atoms with Gasteiger partial charge in [0.15, 0.2) is 0 Å². The van der Waals surface area contributed by atoms with E-state index in [0.717, 1.165) is 4.32 Å². The van der Waals surface area contributed by atoms with Crippen LogP contribution in [0.3, 0.4) is 0 Å². The van der Waals surface area contributed by atoms with Crippen molar-refractivity contribution in [1.82, 2.24) is 9.13 Å². The van der Waals surface area contributed by atoms with Crippen molar-refractivity contribution < 1.29 is 13.6 Å². The molecule has 9 heavy (non-hydrogen) atoms. The molecule has 4 heteroatoms. The SMILES string of the molecule is Cn1ccn(C)[c]1=[Cu][Cl]. The third kappa shape index (κ3) is 1.29. The van der Waals surface area contributed by atoms with Gasteiger partial charge in [-0.25, -0.2) is 0 Å². The zero-order valence-corrected chi connectivity index (χ0v) is 6.93. The number of nitrogens with zero attached hydrogens (tertiary/aromatic N) is 2. The first-order valence-electron chi connectivity index (χ1n) is 2.46. The van der Waals surface area contributed by atoms with Crippen LogP contribution in [-0.2, 0) is 27.7 Å². The molecule has 0 aliphatic rings. The molecular weight excluding hydrogens is 187 g/mol. The van der Waals surface area contributed by atoms with E-state index in [0.29, 0.717) is 0 Å². The Labute approximate surface area is 64.0 Å². The first-order chi connectivity index (χ1) is 4.25. The van der Waals surface area contributed by atoms with Crippen LogP contribution in [0.2, 0.25) is 0 Å². The maximum atomic E-state index is 5.54. The zero-order valence-electron chi connectivity index (χ0n) is 5.23. The van der Waals surface area contributed by atoms with Gasteiger partial charge in [-0.1, -0.05) is 0 Å². The van der Waals surface area contributed by atoms with Gasteiger partial charge >= 0.3 is 63.7 Å². The average molecular weight is 195 g/mol. The van der Waals surface area contributed by atoms with Crippen LogP contribution in [0.5, 0.6) is 0 Å². The molecule has 2 nitrogen and oxygen atoms in total. The molecule has 0 aromatic carbocycles. The van der Waals surface area contributed by atoms with Gasteiger partial charge in [-0.15, -0.1) is 0 Å². The third-order valence-electron chi connectivity index (χ3n) is 1.09. The Hall–Kier alpha value is 0.0195. The first-order valence-corrected chi connectivity index (χ1v) is 4.22. The van der Waals surface area contributed by atoms with Crippen LogP contribution in [0, 0.1) is 4.32 Å². The van der Waals surface area contributed by atoms with E-state index in [1.807, 2.05) is 35.6 Å². The summed E-state index contributed by atoms with van der Waals surface area (Å²) < 4.78 is 4.96. The van der Waals surface area contributed by atoms with Crippen molar-refractivity contribution in [3.63, 3.8) is 0 Å². The van der Waals surface area contributed by atoms with E-state index in [4.69, 9.17) is 10.1 Å². The Morgan fingerprint density at radius 1 is 1.33 bits per heavy atom. The van der Waals surface area contributed by atoms with Crippen molar-refractivity contribution in [2.45, 2.75) is 0 Å². The Balaban J connectivity index is 3.42. The molecule has 56 valence electrons. The summed E-state index contributed by atoms with van der Waals surface area (Å²) in [6.45, 7) is 0. The molecule has 0 aliphatic carbocycles. The summed E-state index contributed by atoms with van der Waals surface area (Å²) in [6, 6.07) is 0. The fourth-order valence-corrected chi connectivity index (χ4v) is 1.70. The molecule has 1 aromatic rings. The standard InChI is InChI=1S/C5H8N2.ClH.Cu/c1-6-3-4-7(2)5-6;;/h3-4H,1-2H3;1H;/q;;+1/p-1. The second-order valence-corrected chi connectivity index (χ2v) is 2.88. The summed E-state index contributed by atoms with van der Waals surface area (Å²) in [5.74, 6) is 0. The van der Waals surface area contributed by atoms with Gasteiger partial charge in [0.05, 0.1) is 0 Å². The molecule has 0 unspecified atom stereocenters. The summed E-state index contributed by atoms with van der Waals surface area (Å²) >= 11 is 1.31. The molecule has 1 aromatic heterocycles. The third-order valence-corrected chi connectivity index (χ3v) is 2.34. The van der Waals surface area contributed by atoms with Gasteiger partial charge in [0.2, 0.25) is 0 Å². The van der Waals surface area contributed by atoms with Gasteiger partial charge in [0.25, 0.3) is 0 Å². The molecule has 0 saturated carbocycles. The fourth-order valence-electron chi connectivity index (χ4n) is 0.641. The van der Waals surface area contributed by atoms with Crippen LogP contribution in [-0.4, -0.2) is 9.13 Å². The molecule has 1 heterocycles. The van der Waals surface area contributed by atoms with E-state index in [-0.39, 0.29) is 0 Å². The molecule has 0 amide bonds. The van der Waals surface area contributed by atoms with Gasteiger partial charge in [-0.05, 0) is 0 Å². The predicted molar refractivity (Wildman–Crippen MR) is 33.5 cm³/mol. The Bertz CT molecular complexity index is 238. The fraction of sp³-hybridized carbons (Fsp3) is 0.400. The summed E-state index contributed by atoms with van der Waals surface area (Å²) in [4.78, 5) is 0. The molecule has 0 fully saturated rings. The van der Waals surface area contributed by atoms with Crippen LogP contribution in [0.15, 0.2) is 12.4 Å². The second-order valence-electron chi connectivity index (χ2n) is 1.81. The van der Waals surface area contributed by atoms with Crippen molar-refractivity contribution in [1.29, 1.82) is 0 Å². The molecule has 0 spiro atoms. The van der Waals surface area contributed by atoms with Gasteiger partial charge in [0, 0.05) is 0 Å². The van der Waals surface area contributed by atoms with Crippen molar-refractivity contribution >= 4 is 10.1 Å². The molecule has 0 bridgehead atoms. The van der Waals surface area contributed by atoms with E-state index in [2.05, 4.69) is 0 Å². The molecular formula is C5H8ClCuN2.